The number of hydrogen-bond donors (Lipinski definition) is 1. The Kier molecular flexibility index (Phi) is 2.52. The zero-order valence-corrected chi connectivity index (χ0v) is 9.83. The van der Waals surface area contributed by atoms with E-state index >= 15 is 0 Å². The standard InChI is InChI=1S/C12H13N5O/c13-6-9-2-1-3-11(15-9)16-4-5-17-10(8-16)7-14-12(17)18/h1-3,10H,4-5,7-8H2,(H,14,18). The summed E-state index contributed by atoms with van der Waals surface area (Å²) in [4.78, 5) is 19.8. The first-order valence-corrected chi connectivity index (χ1v) is 5.94. The molecule has 0 bridgehead atoms. The van der Waals surface area contributed by atoms with Gasteiger partial charge in [0, 0.05) is 26.2 Å². The van der Waals surface area contributed by atoms with E-state index in [0.29, 0.717) is 18.8 Å². The van der Waals surface area contributed by atoms with E-state index in [2.05, 4.69) is 15.2 Å². The summed E-state index contributed by atoms with van der Waals surface area (Å²) in [7, 11) is 0. The van der Waals surface area contributed by atoms with Gasteiger partial charge in [-0.05, 0) is 12.1 Å². The molecular formula is C12H13N5O. The van der Waals surface area contributed by atoms with E-state index in [-0.39, 0.29) is 12.1 Å². The van der Waals surface area contributed by atoms with Crippen molar-refractivity contribution in [3.8, 4) is 6.07 Å². The zero-order valence-electron chi connectivity index (χ0n) is 9.83. The van der Waals surface area contributed by atoms with Gasteiger partial charge in [-0.25, -0.2) is 9.78 Å². The van der Waals surface area contributed by atoms with Crippen LogP contribution in [0.1, 0.15) is 5.69 Å². The van der Waals surface area contributed by atoms with Gasteiger partial charge in [-0.15, -0.1) is 0 Å². The van der Waals surface area contributed by atoms with Crippen LogP contribution in [0.4, 0.5) is 10.6 Å². The third-order valence-electron chi connectivity index (χ3n) is 3.41. The maximum Gasteiger partial charge on any atom is 0.317 e. The SMILES string of the molecule is N#Cc1cccc(N2CCN3C(=O)NCC3C2)n1. The summed E-state index contributed by atoms with van der Waals surface area (Å²) in [5.41, 5.74) is 0.426. The largest absolute Gasteiger partial charge is 0.353 e. The van der Waals surface area contributed by atoms with Gasteiger partial charge in [0.05, 0.1) is 6.04 Å². The quantitative estimate of drug-likeness (QED) is 0.763. The van der Waals surface area contributed by atoms with E-state index < -0.39 is 0 Å². The van der Waals surface area contributed by atoms with E-state index in [4.69, 9.17) is 5.26 Å². The molecule has 6 nitrogen and oxygen atoms in total. The van der Waals surface area contributed by atoms with E-state index in [1.807, 2.05) is 23.1 Å². The number of aromatic nitrogens is 1. The molecule has 3 heterocycles. The molecule has 2 aliphatic rings. The Morgan fingerprint density at radius 2 is 2.33 bits per heavy atom. The van der Waals surface area contributed by atoms with Crippen molar-refractivity contribution < 1.29 is 4.79 Å². The molecule has 0 aromatic carbocycles. The van der Waals surface area contributed by atoms with Gasteiger partial charge in [-0.3, -0.25) is 0 Å². The molecule has 1 N–H and O–H groups in total. The van der Waals surface area contributed by atoms with Gasteiger partial charge in [0.2, 0.25) is 0 Å². The van der Waals surface area contributed by atoms with E-state index in [1.54, 1.807) is 6.07 Å². The van der Waals surface area contributed by atoms with Gasteiger partial charge < -0.3 is 15.1 Å². The Morgan fingerprint density at radius 1 is 1.44 bits per heavy atom. The highest BCUT2D eigenvalue weighted by molar-refractivity contribution is 5.77. The lowest BCUT2D eigenvalue weighted by Gasteiger charge is -2.37. The molecule has 0 radical (unpaired) electrons. The summed E-state index contributed by atoms with van der Waals surface area (Å²) in [5, 5.41) is 11.7. The third kappa shape index (κ3) is 1.74. The number of anilines is 1. The van der Waals surface area contributed by atoms with Crippen LogP contribution in [-0.4, -0.2) is 48.1 Å². The highest BCUT2D eigenvalue weighted by atomic mass is 16.2. The second-order valence-electron chi connectivity index (χ2n) is 4.47. The van der Waals surface area contributed by atoms with Crippen LogP contribution in [0.5, 0.6) is 0 Å². The number of nitrogens with zero attached hydrogens (tertiary/aromatic N) is 4. The number of nitrogens with one attached hydrogen (secondary N) is 1. The van der Waals surface area contributed by atoms with Gasteiger partial charge >= 0.3 is 6.03 Å². The lowest BCUT2D eigenvalue weighted by Crippen LogP contribution is -2.52. The number of carbonyl (C=O) groups is 1. The molecule has 6 heteroatoms. The third-order valence-corrected chi connectivity index (χ3v) is 3.41. The lowest BCUT2D eigenvalue weighted by atomic mass is 10.2. The fourth-order valence-electron chi connectivity index (χ4n) is 2.47. The number of amides is 2. The minimum absolute atomic E-state index is 0.0263. The smallest absolute Gasteiger partial charge is 0.317 e. The molecule has 1 atom stereocenters. The van der Waals surface area contributed by atoms with Crippen molar-refractivity contribution in [2.24, 2.45) is 0 Å². The molecule has 1 aromatic rings. The maximum absolute atomic E-state index is 11.5. The number of fused-ring (bicyclic) bond motifs is 1. The molecule has 1 aromatic heterocycles. The fraction of sp³-hybridized carbons (Fsp3) is 0.417. The summed E-state index contributed by atoms with van der Waals surface area (Å²) in [5.74, 6) is 0.813. The van der Waals surface area contributed by atoms with Crippen molar-refractivity contribution in [2.75, 3.05) is 31.1 Å². The normalized spacial score (nSPS) is 22.4. The van der Waals surface area contributed by atoms with Crippen LogP contribution in [0.3, 0.4) is 0 Å². The van der Waals surface area contributed by atoms with E-state index in [0.717, 1.165) is 18.9 Å². The van der Waals surface area contributed by atoms with Crippen LogP contribution in [0.2, 0.25) is 0 Å². The lowest BCUT2D eigenvalue weighted by molar-refractivity contribution is 0.197. The van der Waals surface area contributed by atoms with Crippen molar-refractivity contribution in [3.05, 3.63) is 23.9 Å². The average Bonchev–Trinajstić information content (AvgIpc) is 2.80. The van der Waals surface area contributed by atoms with Crippen LogP contribution in [0, 0.1) is 11.3 Å². The minimum atomic E-state index is 0.0263. The molecule has 2 aliphatic heterocycles. The number of pyridine rings is 1. The van der Waals surface area contributed by atoms with Crippen molar-refractivity contribution in [3.63, 3.8) is 0 Å². The Balaban J connectivity index is 1.78. The van der Waals surface area contributed by atoms with Crippen LogP contribution >= 0.6 is 0 Å². The highest BCUT2D eigenvalue weighted by Gasteiger charge is 2.35. The Hall–Kier alpha value is -2.29. The van der Waals surface area contributed by atoms with Crippen LogP contribution in [0.15, 0.2) is 18.2 Å². The Bertz CT molecular complexity index is 523. The van der Waals surface area contributed by atoms with E-state index in [9.17, 15) is 4.79 Å². The summed E-state index contributed by atoms with van der Waals surface area (Å²) < 4.78 is 0. The first-order valence-electron chi connectivity index (χ1n) is 5.94. The summed E-state index contributed by atoms with van der Waals surface area (Å²) in [6, 6.07) is 7.72. The van der Waals surface area contributed by atoms with Gasteiger partial charge in [0.25, 0.3) is 0 Å². The second kappa shape index (κ2) is 4.18. The fourth-order valence-corrected chi connectivity index (χ4v) is 2.47. The number of nitriles is 1. The van der Waals surface area contributed by atoms with Gasteiger partial charge in [-0.1, -0.05) is 6.07 Å². The summed E-state index contributed by atoms with van der Waals surface area (Å²) in [6.45, 7) is 2.91. The molecule has 3 rings (SSSR count). The molecule has 92 valence electrons. The Labute approximate surface area is 105 Å². The first kappa shape index (κ1) is 10.8. The highest BCUT2D eigenvalue weighted by Crippen LogP contribution is 2.19. The monoisotopic (exact) mass is 243 g/mol. The average molecular weight is 243 g/mol. The number of piperazine rings is 1. The first-order chi connectivity index (χ1) is 8.78. The van der Waals surface area contributed by atoms with Gasteiger partial charge in [0.1, 0.15) is 17.6 Å². The van der Waals surface area contributed by atoms with Crippen molar-refractivity contribution in [2.45, 2.75) is 6.04 Å². The molecule has 2 amide bonds. The predicted molar refractivity (Wildman–Crippen MR) is 65.1 cm³/mol. The molecule has 0 saturated carbocycles. The number of urea groups is 1. The Morgan fingerprint density at radius 3 is 3.17 bits per heavy atom. The van der Waals surface area contributed by atoms with Crippen molar-refractivity contribution in [1.82, 2.24) is 15.2 Å². The molecule has 0 aliphatic carbocycles. The summed E-state index contributed by atoms with van der Waals surface area (Å²) >= 11 is 0. The molecule has 0 spiro atoms. The predicted octanol–water partition coefficient (Wildman–Crippen LogP) is 0.167. The number of rotatable bonds is 1. The van der Waals surface area contributed by atoms with Crippen molar-refractivity contribution in [1.29, 1.82) is 5.26 Å². The van der Waals surface area contributed by atoms with Crippen molar-refractivity contribution >= 4 is 11.8 Å². The molecule has 18 heavy (non-hydrogen) atoms. The van der Waals surface area contributed by atoms with Crippen LogP contribution in [-0.2, 0) is 0 Å². The molecular weight excluding hydrogens is 230 g/mol. The minimum Gasteiger partial charge on any atom is -0.353 e. The summed E-state index contributed by atoms with van der Waals surface area (Å²) in [6.07, 6.45) is 0. The number of hydrogen-bond acceptors (Lipinski definition) is 4. The van der Waals surface area contributed by atoms with Gasteiger partial charge in [0.15, 0.2) is 0 Å². The second-order valence-corrected chi connectivity index (χ2v) is 4.47. The topological polar surface area (TPSA) is 72.3 Å². The van der Waals surface area contributed by atoms with E-state index in [1.165, 1.54) is 0 Å². The molecule has 2 fully saturated rings. The van der Waals surface area contributed by atoms with Crippen LogP contribution in [0.25, 0.3) is 0 Å². The number of carbonyl (C=O) groups excluding carboxylic acids is 1. The molecule has 2 saturated heterocycles. The molecule has 1 unspecified atom stereocenters. The maximum atomic E-state index is 11.5. The van der Waals surface area contributed by atoms with Crippen LogP contribution < -0.4 is 10.2 Å². The van der Waals surface area contributed by atoms with Gasteiger partial charge in [-0.2, -0.15) is 5.26 Å². The zero-order chi connectivity index (χ0) is 12.5.